The highest BCUT2D eigenvalue weighted by molar-refractivity contribution is 5.68. The van der Waals surface area contributed by atoms with Gasteiger partial charge in [-0.25, -0.2) is 14.8 Å². The Hall–Kier alpha value is -2.36. The Morgan fingerprint density at radius 1 is 1.24 bits per heavy atom. The number of hydrogen-bond donors (Lipinski definition) is 0. The standard InChI is InChI=1S/C14H19N5O2/c1-14(2,3)21-13(20)19-8-6-18(7-9-19)12-11(10-15)16-4-5-17-12/h4-5H,6-9H2,1-3H3. The number of nitriles is 1. The molecule has 1 aromatic heterocycles. The largest absolute Gasteiger partial charge is 0.444 e. The molecule has 2 rings (SSSR count). The fourth-order valence-electron chi connectivity index (χ4n) is 2.07. The number of hydrogen-bond acceptors (Lipinski definition) is 6. The molecule has 1 saturated heterocycles. The minimum Gasteiger partial charge on any atom is -0.444 e. The Kier molecular flexibility index (Phi) is 4.26. The zero-order chi connectivity index (χ0) is 15.5. The zero-order valence-electron chi connectivity index (χ0n) is 12.5. The van der Waals surface area contributed by atoms with Gasteiger partial charge in [-0.1, -0.05) is 0 Å². The van der Waals surface area contributed by atoms with E-state index >= 15 is 0 Å². The maximum absolute atomic E-state index is 12.0. The first-order valence-electron chi connectivity index (χ1n) is 6.85. The van der Waals surface area contributed by atoms with Crippen LogP contribution in [-0.4, -0.2) is 52.7 Å². The predicted octanol–water partition coefficient (Wildman–Crippen LogP) is 1.41. The summed E-state index contributed by atoms with van der Waals surface area (Å²) in [6.07, 6.45) is 2.76. The van der Waals surface area contributed by atoms with Gasteiger partial charge in [-0.3, -0.25) is 0 Å². The summed E-state index contributed by atoms with van der Waals surface area (Å²) in [6, 6.07) is 2.04. The summed E-state index contributed by atoms with van der Waals surface area (Å²) >= 11 is 0. The first kappa shape index (κ1) is 15.0. The molecule has 1 fully saturated rings. The molecular weight excluding hydrogens is 270 g/mol. The number of rotatable bonds is 1. The molecule has 0 saturated carbocycles. The van der Waals surface area contributed by atoms with E-state index in [2.05, 4.69) is 9.97 Å². The predicted molar refractivity (Wildman–Crippen MR) is 76.8 cm³/mol. The van der Waals surface area contributed by atoms with Crippen molar-refractivity contribution in [3.8, 4) is 6.07 Å². The number of nitrogens with zero attached hydrogens (tertiary/aromatic N) is 5. The lowest BCUT2D eigenvalue weighted by Gasteiger charge is -2.36. The highest BCUT2D eigenvalue weighted by Crippen LogP contribution is 2.17. The summed E-state index contributed by atoms with van der Waals surface area (Å²) in [7, 11) is 0. The molecule has 1 aromatic rings. The fraction of sp³-hybridized carbons (Fsp3) is 0.571. The van der Waals surface area contributed by atoms with Crippen molar-refractivity contribution in [3.63, 3.8) is 0 Å². The summed E-state index contributed by atoms with van der Waals surface area (Å²) in [5, 5.41) is 9.05. The van der Waals surface area contributed by atoms with E-state index < -0.39 is 5.60 Å². The van der Waals surface area contributed by atoms with E-state index in [4.69, 9.17) is 10.00 Å². The molecule has 0 aliphatic carbocycles. The minimum atomic E-state index is -0.493. The van der Waals surface area contributed by atoms with E-state index in [1.807, 2.05) is 31.7 Å². The number of anilines is 1. The smallest absolute Gasteiger partial charge is 0.410 e. The molecule has 0 radical (unpaired) electrons. The number of amides is 1. The van der Waals surface area contributed by atoms with Crippen LogP contribution in [0.1, 0.15) is 26.5 Å². The number of carbonyl (C=O) groups excluding carboxylic acids is 1. The lowest BCUT2D eigenvalue weighted by molar-refractivity contribution is 0.0240. The molecule has 7 heteroatoms. The average molecular weight is 289 g/mol. The first-order chi connectivity index (χ1) is 9.90. The van der Waals surface area contributed by atoms with Crippen molar-refractivity contribution in [1.82, 2.24) is 14.9 Å². The van der Waals surface area contributed by atoms with Gasteiger partial charge in [-0.2, -0.15) is 5.26 Å². The molecule has 0 unspecified atom stereocenters. The van der Waals surface area contributed by atoms with Gasteiger partial charge in [0.05, 0.1) is 0 Å². The van der Waals surface area contributed by atoms with E-state index in [9.17, 15) is 4.79 Å². The molecule has 1 amide bonds. The van der Waals surface area contributed by atoms with Crippen LogP contribution < -0.4 is 4.90 Å². The van der Waals surface area contributed by atoms with Crippen LogP contribution in [0.2, 0.25) is 0 Å². The van der Waals surface area contributed by atoms with Crippen LogP contribution in [0.15, 0.2) is 12.4 Å². The van der Waals surface area contributed by atoms with Crippen molar-refractivity contribution >= 4 is 11.9 Å². The van der Waals surface area contributed by atoms with Crippen molar-refractivity contribution in [2.24, 2.45) is 0 Å². The van der Waals surface area contributed by atoms with Gasteiger partial charge in [0.25, 0.3) is 0 Å². The molecule has 112 valence electrons. The number of carbonyl (C=O) groups is 1. The first-order valence-corrected chi connectivity index (χ1v) is 6.85. The maximum Gasteiger partial charge on any atom is 0.410 e. The fourth-order valence-corrected chi connectivity index (χ4v) is 2.07. The summed E-state index contributed by atoms with van der Waals surface area (Å²) in [4.78, 5) is 23.8. The van der Waals surface area contributed by atoms with E-state index in [0.29, 0.717) is 37.7 Å². The van der Waals surface area contributed by atoms with Gasteiger partial charge in [-0.05, 0) is 20.8 Å². The Morgan fingerprint density at radius 3 is 2.43 bits per heavy atom. The quantitative estimate of drug-likeness (QED) is 0.777. The van der Waals surface area contributed by atoms with Crippen LogP contribution in [0.4, 0.5) is 10.6 Å². The van der Waals surface area contributed by atoms with Gasteiger partial charge in [0, 0.05) is 38.6 Å². The molecule has 2 heterocycles. The Labute approximate surface area is 124 Å². The summed E-state index contributed by atoms with van der Waals surface area (Å²) in [5.41, 5.74) is -0.184. The number of aromatic nitrogens is 2. The number of piperazine rings is 1. The van der Waals surface area contributed by atoms with Crippen LogP contribution in [0.5, 0.6) is 0 Å². The zero-order valence-corrected chi connectivity index (χ0v) is 12.5. The average Bonchev–Trinajstić information content (AvgIpc) is 2.45. The Balaban J connectivity index is 1.98. The molecule has 0 spiro atoms. The van der Waals surface area contributed by atoms with Crippen molar-refractivity contribution in [2.45, 2.75) is 26.4 Å². The normalized spacial score (nSPS) is 15.5. The van der Waals surface area contributed by atoms with Crippen molar-refractivity contribution < 1.29 is 9.53 Å². The molecule has 7 nitrogen and oxygen atoms in total. The number of ether oxygens (including phenoxy) is 1. The van der Waals surface area contributed by atoms with Crippen LogP contribution in [0.3, 0.4) is 0 Å². The van der Waals surface area contributed by atoms with Gasteiger partial charge >= 0.3 is 6.09 Å². The molecule has 21 heavy (non-hydrogen) atoms. The molecule has 1 aliphatic rings. The van der Waals surface area contributed by atoms with Crippen LogP contribution in [0.25, 0.3) is 0 Å². The third-order valence-corrected chi connectivity index (χ3v) is 3.02. The molecule has 0 aromatic carbocycles. The van der Waals surface area contributed by atoms with Gasteiger partial charge in [0.15, 0.2) is 11.5 Å². The summed E-state index contributed by atoms with van der Waals surface area (Å²) in [6.45, 7) is 7.83. The van der Waals surface area contributed by atoms with E-state index in [-0.39, 0.29) is 6.09 Å². The van der Waals surface area contributed by atoms with E-state index in [0.717, 1.165) is 0 Å². The molecule has 0 bridgehead atoms. The second-order valence-corrected chi connectivity index (χ2v) is 5.79. The second kappa shape index (κ2) is 5.95. The second-order valence-electron chi connectivity index (χ2n) is 5.79. The van der Waals surface area contributed by atoms with E-state index in [1.54, 1.807) is 11.1 Å². The third kappa shape index (κ3) is 3.81. The van der Waals surface area contributed by atoms with Gasteiger partial charge in [0.1, 0.15) is 11.7 Å². The molecular formula is C14H19N5O2. The molecule has 0 N–H and O–H groups in total. The highest BCUT2D eigenvalue weighted by atomic mass is 16.6. The van der Waals surface area contributed by atoms with Crippen LogP contribution >= 0.6 is 0 Å². The highest BCUT2D eigenvalue weighted by Gasteiger charge is 2.27. The van der Waals surface area contributed by atoms with Gasteiger partial charge in [-0.15, -0.1) is 0 Å². The summed E-state index contributed by atoms with van der Waals surface area (Å²) in [5.74, 6) is 0.573. The Bertz CT molecular complexity index is 553. The van der Waals surface area contributed by atoms with Crippen molar-refractivity contribution in [1.29, 1.82) is 5.26 Å². The van der Waals surface area contributed by atoms with Crippen LogP contribution in [0, 0.1) is 11.3 Å². The van der Waals surface area contributed by atoms with Crippen molar-refractivity contribution in [3.05, 3.63) is 18.1 Å². The minimum absolute atomic E-state index is 0.304. The van der Waals surface area contributed by atoms with Gasteiger partial charge < -0.3 is 14.5 Å². The maximum atomic E-state index is 12.0. The lowest BCUT2D eigenvalue weighted by Crippen LogP contribution is -2.50. The lowest BCUT2D eigenvalue weighted by atomic mass is 10.2. The topological polar surface area (TPSA) is 82.3 Å². The molecule has 1 aliphatic heterocycles. The van der Waals surface area contributed by atoms with Crippen molar-refractivity contribution in [2.75, 3.05) is 31.1 Å². The molecule has 0 atom stereocenters. The monoisotopic (exact) mass is 289 g/mol. The van der Waals surface area contributed by atoms with Crippen LogP contribution in [-0.2, 0) is 4.74 Å². The summed E-state index contributed by atoms with van der Waals surface area (Å²) < 4.78 is 5.35. The SMILES string of the molecule is CC(C)(C)OC(=O)N1CCN(c2nccnc2C#N)CC1. The van der Waals surface area contributed by atoms with E-state index in [1.165, 1.54) is 6.20 Å². The van der Waals surface area contributed by atoms with Gasteiger partial charge in [0.2, 0.25) is 0 Å². The Morgan fingerprint density at radius 2 is 1.86 bits per heavy atom. The third-order valence-electron chi connectivity index (χ3n) is 3.02.